The van der Waals surface area contributed by atoms with E-state index in [9.17, 15) is 23.5 Å². The fraction of sp³-hybridized carbons (Fsp3) is 0.583. The van der Waals surface area contributed by atoms with Crippen LogP contribution in [0, 0.1) is 18.3 Å². The summed E-state index contributed by atoms with van der Waals surface area (Å²) in [6, 6.07) is 10.8. The van der Waals surface area contributed by atoms with E-state index in [1.54, 1.807) is 13.1 Å². The van der Waals surface area contributed by atoms with E-state index in [4.69, 9.17) is 0 Å². The lowest BCUT2D eigenvalue weighted by Gasteiger charge is -2.39. The lowest BCUT2D eigenvalue weighted by molar-refractivity contribution is -0.126. The molecule has 0 spiro atoms. The number of nitriles is 1. The normalized spacial score (nSPS) is 18.5. The van der Waals surface area contributed by atoms with Gasteiger partial charge in [-0.25, -0.2) is 4.98 Å². The third kappa shape index (κ3) is 8.76. The minimum atomic E-state index is -4.28. The Morgan fingerprint density at radius 3 is 2.41 bits per heavy atom. The van der Waals surface area contributed by atoms with Gasteiger partial charge >= 0.3 is 6.18 Å². The first-order valence-electron chi connectivity index (χ1n) is 17.7. The maximum atomic E-state index is 13.1. The van der Waals surface area contributed by atoms with Gasteiger partial charge in [0.25, 0.3) is 0 Å². The molecule has 3 aromatic heterocycles. The Balaban J connectivity index is 1.07. The quantitative estimate of drug-likeness (QED) is 0.174. The largest absolute Gasteiger partial charge is 0.393 e. The minimum absolute atomic E-state index is 0.139. The molecule has 2 aliphatic heterocycles. The highest BCUT2D eigenvalue weighted by atomic mass is 32.1. The van der Waals surface area contributed by atoms with E-state index >= 15 is 0 Å². The van der Waals surface area contributed by atoms with Crippen molar-refractivity contribution in [2.24, 2.45) is 0 Å². The number of alkyl halides is 3. The average Bonchev–Trinajstić information content (AvgIpc) is 3.66. The van der Waals surface area contributed by atoms with Crippen LogP contribution < -0.4 is 10.6 Å². The van der Waals surface area contributed by atoms with Crippen molar-refractivity contribution < 1.29 is 18.3 Å². The number of likely N-dealkylation sites (N-methyl/N-ethyl adjacent to an activating group) is 1. The molecule has 1 unspecified atom stereocenters. The molecule has 11 nitrogen and oxygen atoms in total. The molecule has 4 aromatic rings. The van der Waals surface area contributed by atoms with E-state index in [1.807, 2.05) is 25.1 Å². The van der Waals surface area contributed by atoms with Crippen molar-refractivity contribution >= 4 is 44.2 Å². The van der Waals surface area contributed by atoms with Crippen molar-refractivity contribution in [3.05, 3.63) is 46.0 Å². The molecule has 15 heteroatoms. The Morgan fingerprint density at radius 2 is 1.76 bits per heavy atom. The van der Waals surface area contributed by atoms with Gasteiger partial charge in [-0.05, 0) is 70.1 Å². The molecular formula is C36H49F3N10OS. The number of piperazine rings is 1. The lowest BCUT2D eigenvalue weighted by Crippen LogP contribution is -2.53. The number of aliphatic hydroxyl groups is 1. The number of nitrogens with zero attached hydrogens (tertiary/aromatic N) is 8. The summed E-state index contributed by atoms with van der Waals surface area (Å²) in [6.45, 7) is 12.0. The molecule has 0 amide bonds. The molecule has 5 heterocycles. The molecule has 0 bridgehead atoms. The summed E-state index contributed by atoms with van der Waals surface area (Å²) in [5, 5.41) is 28.5. The van der Waals surface area contributed by atoms with Crippen LogP contribution in [-0.2, 0) is 19.5 Å². The van der Waals surface area contributed by atoms with Crippen molar-refractivity contribution in [1.29, 1.82) is 5.26 Å². The topological polar surface area (TPSA) is 112 Å². The number of aryl methyl sites for hydroxylation is 1. The number of nitrogens with one attached hydrogen (secondary N) is 2. The van der Waals surface area contributed by atoms with E-state index < -0.39 is 18.8 Å². The number of halogens is 3. The van der Waals surface area contributed by atoms with Crippen LogP contribution in [0.4, 0.5) is 24.9 Å². The first-order valence-corrected chi connectivity index (χ1v) is 18.5. The van der Waals surface area contributed by atoms with Gasteiger partial charge in [-0.3, -0.25) is 19.6 Å². The number of piperidine rings is 1. The highest BCUT2D eigenvalue weighted by Crippen LogP contribution is 2.35. The summed E-state index contributed by atoms with van der Waals surface area (Å²) in [5.41, 5.74) is 4.19. The van der Waals surface area contributed by atoms with E-state index in [2.05, 4.69) is 71.9 Å². The number of benzene rings is 1. The van der Waals surface area contributed by atoms with E-state index in [-0.39, 0.29) is 17.0 Å². The fourth-order valence-corrected chi connectivity index (χ4v) is 8.35. The van der Waals surface area contributed by atoms with Crippen molar-refractivity contribution in [3.8, 4) is 6.07 Å². The maximum Gasteiger partial charge on any atom is 0.393 e. The molecule has 2 aliphatic rings. The zero-order chi connectivity index (χ0) is 36.4. The van der Waals surface area contributed by atoms with Gasteiger partial charge in [0.15, 0.2) is 0 Å². The number of thiophene rings is 1. The number of rotatable bonds is 12. The maximum absolute atomic E-state index is 13.1. The second-order valence-corrected chi connectivity index (χ2v) is 15.3. The van der Waals surface area contributed by atoms with Crippen molar-refractivity contribution in [3.63, 3.8) is 0 Å². The number of likely N-dealkylation sites (tertiary alicyclic amines) is 1. The predicted molar refractivity (Wildman–Crippen MR) is 197 cm³/mol. The summed E-state index contributed by atoms with van der Waals surface area (Å²) in [7, 11) is 5.48. The zero-order valence-corrected chi connectivity index (χ0v) is 30.9. The molecule has 2 atom stereocenters. The number of β-amino-alcohol motifs (C(OH)–C–C–N with tert-alkyl or cyclic N) is 1. The van der Waals surface area contributed by atoms with Crippen LogP contribution in [0.15, 0.2) is 24.3 Å². The number of anilines is 2. The monoisotopic (exact) mass is 726 g/mol. The molecule has 0 saturated carbocycles. The van der Waals surface area contributed by atoms with Crippen LogP contribution in [0.1, 0.15) is 41.5 Å². The van der Waals surface area contributed by atoms with E-state index in [0.717, 1.165) is 87.4 Å². The minimum Gasteiger partial charge on any atom is -0.377 e. The molecule has 6 rings (SSSR count). The number of aromatic nitrogens is 3. The van der Waals surface area contributed by atoms with Crippen molar-refractivity contribution in [1.82, 2.24) is 34.1 Å². The number of aliphatic hydroxyl groups excluding tert-OH is 1. The first kappa shape index (κ1) is 37.2. The molecule has 1 aromatic carbocycles. The van der Waals surface area contributed by atoms with Crippen LogP contribution in [-0.4, -0.2) is 131 Å². The van der Waals surface area contributed by atoms with Crippen LogP contribution in [0.3, 0.4) is 0 Å². The first-order chi connectivity index (χ1) is 24.3. The molecular weight excluding hydrogens is 678 g/mol. The van der Waals surface area contributed by atoms with Gasteiger partial charge in [-0.15, -0.1) is 11.3 Å². The average molecular weight is 727 g/mol. The Kier molecular flexibility index (Phi) is 11.4. The fourth-order valence-electron chi connectivity index (χ4n) is 7.29. The molecule has 0 aliphatic carbocycles. The van der Waals surface area contributed by atoms with Crippen LogP contribution in [0.25, 0.3) is 21.1 Å². The molecule has 3 N–H and O–H groups in total. The van der Waals surface area contributed by atoms with Crippen LogP contribution in [0.5, 0.6) is 0 Å². The molecule has 276 valence electrons. The van der Waals surface area contributed by atoms with Gasteiger partial charge in [0, 0.05) is 93.8 Å². The number of fused-ring (bicyclic) bond motifs is 2. The van der Waals surface area contributed by atoms with Gasteiger partial charge in [0.2, 0.25) is 5.95 Å². The van der Waals surface area contributed by atoms with Crippen LogP contribution in [0.2, 0.25) is 0 Å². The Hall–Kier alpha value is -3.52. The lowest BCUT2D eigenvalue weighted by atomic mass is 10.0. The highest BCUT2D eigenvalue weighted by Gasteiger charge is 2.30. The Morgan fingerprint density at radius 1 is 1.04 bits per heavy atom. The van der Waals surface area contributed by atoms with E-state index in [0.29, 0.717) is 34.2 Å². The summed E-state index contributed by atoms with van der Waals surface area (Å²) in [5.74, 6) is 0.954. The summed E-state index contributed by atoms with van der Waals surface area (Å²) in [4.78, 5) is 18.8. The van der Waals surface area contributed by atoms with Gasteiger partial charge in [0.1, 0.15) is 28.6 Å². The summed E-state index contributed by atoms with van der Waals surface area (Å²) in [6.07, 6.45) is -3.98. The smallest absolute Gasteiger partial charge is 0.377 e. The van der Waals surface area contributed by atoms with Gasteiger partial charge in [-0.1, -0.05) is 6.07 Å². The third-order valence-corrected chi connectivity index (χ3v) is 11.5. The second kappa shape index (κ2) is 15.6. The molecule has 2 fully saturated rings. The summed E-state index contributed by atoms with van der Waals surface area (Å²) < 4.78 is 41.5. The molecule has 2 saturated heterocycles. The Labute approximate surface area is 301 Å². The van der Waals surface area contributed by atoms with Crippen molar-refractivity contribution in [2.45, 2.75) is 70.7 Å². The predicted octanol–water partition coefficient (Wildman–Crippen LogP) is 4.94. The van der Waals surface area contributed by atoms with Gasteiger partial charge in [-0.2, -0.15) is 23.4 Å². The molecule has 51 heavy (non-hydrogen) atoms. The van der Waals surface area contributed by atoms with Crippen LogP contribution >= 0.6 is 11.3 Å². The van der Waals surface area contributed by atoms with Gasteiger partial charge in [0.05, 0.1) is 11.8 Å². The number of hydrogen-bond acceptors (Lipinski definition) is 11. The zero-order valence-electron chi connectivity index (χ0n) is 30.1. The SMILES string of the molecule is CNc1nc(NC2CCN(Cc3ccc4c(cc(C#N)n4C[C@H](C)N4CCN(CC(O)N(C)C)CC4)c3C)CC2)c2cc(CC(F)(F)F)sc2n1. The number of hydrogen-bond donors (Lipinski definition) is 3. The van der Waals surface area contributed by atoms with E-state index in [1.165, 1.54) is 11.1 Å². The third-order valence-electron chi connectivity index (χ3n) is 10.4. The summed E-state index contributed by atoms with van der Waals surface area (Å²) >= 11 is 1.06. The second-order valence-electron chi connectivity index (χ2n) is 14.2. The van der Waals surface area contributed by atoms with Crippen molar-refractivity contribution in [2.75, 3.05) is 77.6 Å². The standard InChI is InChI=1S/C36H49F3N10OS/c1-23(48-14-12-47(13-15-48)22-32(50)45(4)5)20-49-27(19-40)16-29-24(2)25(6-7-31(29)49)21-46-10-8-26(9-11-46)42-33-30-17-28(18-36(37,38)39)51-34(30)44-35(41-3)43-33/h6-7,16-17,23,26,32,50H,8-15,18,20-22H2,1-5H3,(H2,41,42,43,44)/t23-,32?/m0/s1. The van der Waals surface area contributed by atoms with Gasteiger partial charge < -0.3 is 20.3 Å². The highest BCUT2D eigenvalue weighted by molar-refractivity contribution is 7.18. The Bertz CT molecular complexity index is 1850. The molecule has 0 radical (unpaired) electrons.